The molecule has 7 heteroatoms. The molecule has 1 saturated heterocycles. The first kappa shape index (κ1) is 13.9. The SMILES string of the molecule is O=C1CC(C(=O)N2CCC(c3nc4c(s3)CCC4)CC2)=NN1. The van der Waals surface area contributed by atoms with Gasteiger partial charge in [0.25, 0.3) is 5.91 Å². The van der Waals surface area contributed by atoms with Crippen LogP contribution in [0.4, 0.5) is 0 Å². The first-order valence-corrected chi connectivity index (χ1v) is 8.65. The Morgan fingerprint density at radius 2 is 2.09 bits per heavy atom. The Morgan fingerprint density at radius 1 is 1.27 bits per heavy atom. The highest BCUT2D eigenvalue weighted by Gasteiger charge is 2.31. The van der Waals surface area contributed by atoms with Gasteiger partial charge in [-0.1, -0.05) is 0 Å². The monoisotopic (exact) mass is 318 g/mol. The standard InChI is InChI=1S/C15H18N4O2S/c20-13-8-11(17-18-13)15(21)19-6-4-9(5-7-19)14-16-10-2-1-3-12(10)22-14/h9H,1-8H2,(H,18,20). The Morgan fingerprint density at radius 3 is 2.77 bits per heavy atom. The lowest BCUT2D eigenvalue weighted by Crippen LogP contribution is -2.41. The molecular formula is C15H18N4O2S. The molecule has 2 amide bonds. The number of carbonyl (C=O) groups is 2. The van der Waals surface area contributed by atoms with Crippen molar-refractivity contribution in [3.63, 3.8) is 0 Å². The lowest BCUT2D eigenvalue weighted by atomic mass is 9.97. The molecular weight excluding hydrogens is 300 g/mol. The highest BCUT2D eigenvalue weighted by Crippen LogP contribution is 2.35. The molecule has 0 unspecified atom stereocenters. The van der Waals surface area contributed by atoms with E-state index in [-0.39, 0.29) is 18.2 Å². The first-order valence-electron chi connectivity index (χ1n) is 7.84. The van der Waals surface area contributed by atoms with Crippen molar-refractivity contribution in [3.8, 4) is 0 Å². The fourth-order valence-corrected chi connectivity index (χ4v) is 4.70. The van der Waals surface area contributed by atoms with E-state index in [1.807, 2.05) is 16.2 Å². The van der Waals surface area contributed by atoms with Crippen molar-refractivity contribution in [2.45, 2.75) is 44.4 Å². The Hall–Kier alpha value is -1.76. The van der Waals surface area contributed by atoms with Crippen LogP contribution in [0.3, 0.4) is 0 Å². The van der Waals surface area contributed by atoms with Crippen molar-refractivity contribution in [2.24, 2.45) is 5.10 Å². The van der Waals surface area contributed by atoms with Gasteiger partial charge in [-0.2, -0.15) is 5.10 Å². The van der Waals surface area contributed by atoms with Crippen LogP contribution in [0.5, 0.6) is 0 Å². The van der Waals surface area contributed by atoms with E-state index in [0.29, 0.717) is 11.6 Å². The number of hydrogen-bond acceptors (Lipinski definition) is 5. The minimum Gasteiger partial charge on any atom is -0.337 e. The quantitative estimate of drug-likeness (QED) is 0.891. The summed E-state index contributed by atoms with van der Waals surface area (Å²) in [5.41, 5.74) is 3.99. The number of hydrogen-bond donors (Lipinski definition) is 1. The van der Waals surface area contributed by atoms with Gasteiger partial charge in [0.1, 0.15) is 5.71 Å². The number of carbonyl (C=O) groups excluding carboxylic acids is 2. The normalized spacial score (nSPS) is 21.7. The van der Waals surface area contributed by atoms with Gasteiger partial charge >= 0.3 is 0 Å². The average Bonchev–Trinajstić information content (AvgIpc) is 3.22. The molecule has 6 nitrogen and oxygen atoms in total. The van der Waals surface area contributed by atoms with Crippen LogP contribution in [-0.2, 0) is 22.4 Å². The summed E-state index contributed by atoms with van der Waals surface area (Å²) in [5.74, 6) is 0.180. The predicted molar refractivity (Wildman–Crippen MR) is 82.9 cm³/mol. The minimum absolute atomic E-state index is 0.0987. The van der Waals surface area contributed by atoms with Gasteiger partial charge in [0.2, 0.25) is 5.91 Å². The second-order valence-electron chi connectivity index (χ2n) is 6.11. The molecule has 1 aliphatic carbocycles. The molecule has 0 atom stereocenters. The van der Waals surface area contributed by atoms with E-state index in [1.54, 1.807) is 0 Å². The molecule has 0 aromatic carbocycles. The van der Waals surface area contributed by atoms with Crippen molar-refractivity contribution < 1.29 is 9.59 Å². The number of fused-ring (bicyclic) bond motifs is 1. The van der Waals surface area contributed by atoms with E-state index in [1.165, 1.54) is 28.4 Å². The molecule has 3 aliphatic rings. The minimum atomic E-state index is -0.199. The van der Waals surface area contributed by atoms with E-state index in [2.05, 4.69) is 10.5 Å². The lowest BCUT2D eigenvalue weighted by molar-refractivity contribution is -0.125. The maximum atomic E-state index is 12.3. The smallest absolute Gasteiger partial charge is 0.270 e. The molecule has 1 aromatic rings. The van der Waals surface area contributed by atoms with Crippen LogP contribution in [0.1, 0.15) is 47.2 Å². The third-order valence-corrected chi connectivity index (χ3v) is 5.95. The largest absolute Gasteiger partial charge is 0.337 e. The summed E-state index contributed by atoms with van der Waals surface area (Å²) in [6.45, 7) is 1.45. The number of aryl methyl sites for hydroxylation is 2. The van der Waals surface area contributed by atoms with Crippen LogP contribution in [0.15, 0.2) is 5.10 Å². The Bertz CT molecular complexity index is 637. The highest BCUT2D eigenvalue weighted by molar-refractivity contribution is 7.11. The van der Waals surface area contributed by atoms with Crippen LogP contribution in [0, 0.1) is 0 Å². The summed E-state index contributed by atoms with van der Waals surface area (Å²) < 4.78 is 0. The second-order valence-corrected chi connectivity index (χ2v) is 7.23. The molecule has 1 fully saturated rings. The van der Waals surface area contributed by atoms with Crippen molar-refractivity contribution in [2.75, 3.05) is 13.1 Å². The predicted octanol–water partition coefficient (Wildman–Crippen LogP) is 1.21. The molecule has 0 saturated carbocycles. The number of nitrogens with one attached hydrogen (secondary N) is 1. The zero-order valence-corrected chi connectivity index (χ0v) is 13.1. The number of nitrogens with zero attached hydrogens (tertiary/aromatic N) is 3. The average molecular weight is 318 g/mol. The van der Waals surface area contributed by atoms with Crippen molar-refractivity contribution >= 4 is 28.9 Å². The van der Waals surface area contributed by atoms with E-state index in [0.717, 1.165) is 32.4 Å². The van der Waals surface area contributed by atoms with E-state index in [9.17, 15) is 9.59 Å². The van der Waals surface area contributed by atoms with Crippen molar-refractivity contribution in [3.05, 3.63) is 15.6 Å². The van der Waals surface area contributed by atoms with Crippen LogP contribution < -0.4 is 5.43 Å². The number of aromatic nitrogens is 1. The third kappa shape index (κ3) is 2.43. The van der Waals surface area contributed by atoms with Gasteiger partial charge in [-0.3, -0.25) is 9.59 Å². The van der Waals surface area contributed by atoms with Gasteiger partial charge in [0, 0.05) is 23.9 Å². The number of amides is 2. The highest BCUT2D eigenvalue weighted by atomic mass is 32.1. The molecule has 0 radical (unpaired) electrons. The number of thiazole rings is 1. The second kappa shape index (κ2) is 5.46. The topological polar surface area (TPSA) is 74.7 Å². The number of piperidine rings is 1. The summed E-state index contributed by atoms with van der Waals surface area (Å²) in [6, 6.07) is 0. The Labute approximate surface area is 132 Å². The first-order chi connectivity index (χ1) is 10.7. The Balaban J connectivity index is 1.38. The number of rotatable bonds is 2. The van der Waals surface area contributed by atoms with Crippen molar-refractivity contribution in [1.82, 2.24) is 15.3 Å². The number of likely N-dealkylation sites (tertiary alicyclic amines) is 1. The number of hydrazone groups is 1. The molecule has 1 aromatic heterocycles. The molecule has 22 heavy (non-hydrogen) atoms. The van der Waals surface area contributed by atoms with Crippen LogP contribution in [0.25, 0.3) is 0 Å². The van der Waals surface area contributed by atoms with Crippen molar-refractivity contribution in [1.29, 1.82) is 0 Å². The van der Waals surface area contributed by atoms with Gasteiger partial charge < -0.3 is 4.90 Å². The van der Waals surface area contributed by atoms with E-state index in [4.69, 9.17) is 4.98 Å². The molecule has 3 heterocycles. The zero-order chi connectivity index (χ0) is 15.1. The molecule has 2 aliphatic heterocycles. The third-order valence-electron chi connectivity index (χ3n) is 4.63. The summed E-state index contributed by atoms with van der Waals surface area (Å²) >= 11 is 1.87. The summed E-state index contributed by atoms with van der Waals surface area (Å²) in [7, 11) is 0. The summed E-state index contributed by atoms with van der Waals surface area (Å²) in [4.78, 5) is 31.5. The van der Waals surface area contributed by atoms with Crippen LogP contribution >= 0.6 is 11.3 Å². The van der Waals surface area contributed by atoms with Gasteiger partial charge in [-0.25, -0.2) is 10.4 Å². The Kier molecular flexibility index (Phi) is 3.44. The van der Waals surface area contributed by atoms with Crippen LogP contribution in [-0.4, -0.2) is 40.5 Å². The van der Waals surface area contributed by atoms with Gasteiger partial charge in [-0.05, 0) is 32.1 Å². The maximum Gasteiger partial charge on any atom is 0.270 e. The van der Waals surface area contributed by atoms with Gasteiger partial charge in [0.15, 0.2) is 0 Å². The molecule has 4 rings (SSSR count). The molecule has 116 valence electrons. The van der Waals surface area contributed by atoms with Gasteiger partial charge in [-0.15, -0.1) is 11.3 Å². The van der Waals surface area contributed by atoms with Crippen LogP contribution in [0.2, 0.25) is 0 Å². The maximum absolute atomic E-state index is 12.3. The zero-order valence-electron chi connectivity index (χ0n) is 12.3. The summed E-state index contributed by atoms with van der Waals surface area (Å²) in [5, 5.41) is 5.07. The van der Waals surface area contributed by atoms with E-state index >= 15 is 0 Å². The molecule has 0 bridgehead atoms. The van der Waals surface area contributed by atoms with E-state index < -0.39 is 0 Å². The molecule has 1 N–H and O–H groups in total. The fraction of sp³-hybridized carbons (Fsp3) is 0.600. The van der Waals surface area contributed by atoms with Gasteiger partial charge in [0.05, 0.1) is 17.1 Å². The fourth-order valence-electron chi connectivity index (χ4n) is 3.38. The molecule has 0 spiro atoms. The summed E-state index contributed by atoms with van der Waals surface area (Å²) in [6.07, 6.45) is 5.57. The lowest BCUT2D eigenvalue weighted by Gasteiger charge is -2.30.